The maximum atomic E-state index is 11.9. The Kier molecular flexibility index (Phi) is 4.17. The van der Waals surface area contributed by atoms with E-state index >= 15 is 0 Å². The third-order valence-electron chi connectivity index (χ3n) is 2.37. The van der Waals surface area contributed by atoms with Crippen LogP contribution in [0.25, 0.3) is 0 Å². The number of Topliss-reactive ketones (excluding diaryl/α,β-unsaturated/α-hetero) is 3. The van der Waals surface area contributed by atoms with E-state index in [4.69, 9.17) is 4.42 Å². The molecule has 86 valence electrons. The molecule has 0 aliphatic carbocycles. The molecular weight excluding hydrogens is 208 g/mol. The molecule has 0 fully saturated rings. The second kappa shape index (κ2) is 5.39. The first kappa shape index (κ1) is 12.4. The highest BCUT2D eigenvalue weighted by Gasteiger charge is 2.33. The Hall–Kier alpha value is -1.71. The summed E-state index contributed by atoms with van der Waals surface area (Å²) < 4.78 is 4.91. The van der Waals surface area contributed by atoms with E-state index in [1.807, 2.05) is 0 Å². The van der Waals surface area contributed by atoms with E-state index in [9.17, 15) is 14.4 Å². The summed E-state index contributed by atoms with van der Waals surface area (Å²) in [5.41, 5.74) is 0. The molecule has 0 saturated carbocycles. The molecule has 0 N–H and O–H groups in total. The van der Waals surface area contributed by atoms with E-state index in [0.717, 1.165) is 0 Å². The maximum Gasteiger partial charge on any atom is 0.215 e. The van der Waals surface area contributed by atoms with Gasteiger partial charge in [0.05, 0.1) is 6.26 Å². The number of rotatable bonds is 6. The quantitative estimate of drug-likeness (QED) is 0.545. The van der Waals surface area contributed by atoms with Gasteiger partial charge in [-0.15, -0.1) is 0 Å². The molecule has 0 radical (unpaired) electrons. The van der Waals surface area contributed by atoms with Crippen LogP contribution in [0.2, 0.25) is 0 Å². The molecule has 0 aliphatic rings. The first-order valence-electron chi connectivity index (χ1n) is 5.24. The summed E-state index contributed by atoms with van der Waals surface area (Å²) in [7, 11) is 0. The number of furan rings is 1. The van der Waals surface area contributed by atoms with E-state index in [0.29, 0.717) is 0 Å². The third kappa shape index (κ3) is 2.45. The van der Waals surface area contributed by atoms with Crippen molar-refractivity contribution in [2.75, 3.05) is 0 Å². The molecule has 0 unspecified atom stereocenters. The SMILES string of the molecule is CCC(=O)C(C(=O)CC)C(=O)c1ccco1. The Morgan fingerprint density at radius 3 is 2.12 bits per heavy atom. The van der Waals surface area contributed by atoms with Crippen LogP contribution in [0.15, 0.2) is 22.8 Å². The number of hydrogen-bond donors (Lipinski definition) is 0. The van der Waals surface area contributed by atoms with Crippen LogP contribution in [-0.2, 0) is 9.59 Å². The average Bonchev–Trinajstić information content (AvgIpc) is 2.81. The van der Waals surface area contributed by atoms with Crippen molar-refractivity contribution in [1.82, 2.24) is 0 Å². The maximum absolute atomic E-state index is 11.9. The van der Waals surface area contributed by atoms with E-state index in [-0.39, 0.29) is 30.2 Å². The fourth-order valence-electron chi connectivity index (χ4n) is 1.44. The van der Waals surface area contributed by atoms with Crippen LogP contribution in [0.5, 0.6) is 0 Å². The van der Waals surface area contributed by atoms with E-state index in [1.54, 1.807) is 19.9 Å². The molecule has 1 heterocycles. The van der Waals surface area contributed by atoms with Crippen LogP contribution in [0, 0.1) is 5.92 Å². The average molecular weight is 222 g/mol. The van der Waals surface area contributed by atoms with Gasteiger partial charge >= 0.3 is 0 Å². The van der Waals surface area contributed by atoms with Crippen LogP contribution in [-0.4, -0.2) is 17.3 Å². The lowest BCUT2D eigenvalue weighted by atomic mass is 9.90. The van der Waals surface area contributed by atoms with Gasteiger partial charge in [0.15, 0.2) is 17.3 Å². The van der Waals surface area contributed by atoms with Crippen molar-refractivity contribution in [2.24, 2.45) is 5.92 Å². The molecule has 0 amide bonds. The number of ketones is 3. The molecule has 0 aromatic carbocycles. The molecule has 0 spiro atoms. The highest BCUT2D eigenvalue weighted by molar-refractivity contribution is 6.23. The standard InChI is InChI=1S/C12H14O4/c1-3-8(13)11(9(14)4-2)12(15)10-6-5-7-16-10/h5-7,11H,3-4H2,1-2H3. The lowest BCUT2D eigenvalue weighted by Crippen LogP contribution is -2.31. The zero-order valence-electron chi connectivity index (χ0n) is 9.36. The van der Waals surface area contributed by atoms with Crippen molar-refractivity contribution < 1.29 is 18.8 Å². The minimum Gasteiger partial charge on any atom is -0.461 e. The fraction of sp³-hybridized carbons (Fsp3) is 0.417. The van der Waals surface area contributed by atoms with Gasteiger partial charge in [0.25, 0.3) is 0 Å². The molecule has 0 bridgehead atoms. The number of hydrogen-bond acceptors (Lipinski definition) is 4. The Morgan fingerprint density at radius 1 is 1.19 bits per heavy atom. The number of carbonyl (C=O) groups is 3. The number of carbonyl (C=O) groups excluding carboxylic acids is 3. The Balaban J connectivity index is 2.98. The second-order valence-electron chi connectivity index (χ2n) is 3.41. The smallest absolute Gasteiger partial charge is 0.215 e. The summed E-state index contributed by atoms with van der Waals surface area (Å²) in [6, 6.07) is 3.01. The molecule has 4 nitrogen and oxygen atoms in total. The van der Waals surface area contributed by atoms with E-state index in [1.165, 1.54) is 12.3 Å². The van der Waals surface area contributed by atoms with Crippen molar-refractivity contribution in [2.45, 2.75) is 26.7 Å². The van der Waals surface area contributed by atoms with Crippen LogP contribution in [0.4, 0.5) is 0 Å². The van der Waals surface area contributed by atoms with Gasteiger partial charge in [-0.05, 0) is 12.1 Å². The zero-order valence-corrected chi connectivity index (χ0v) is 9.36. The lowest BCUT2D eigenvalue weighted by molar-refractivity contribution is -0.130. The molecule has 1 aromatic rings. The third-order valence-corrected chi connectivity index (χ3v) is 2.37. The molecule has 1 rings (SSSR count). The Bertz CT molecular complexity index is 373. The summed E-state index contributed by atoms with van der Waals surface area (Å²) in [5, 5.41) is 0. The topological polar surface area (TPSA) is 64.3 Å². The highest BCUT2D eigenvalue weighted by Crippen LogP contribution is 2.14. The van der Waals surface area contributed by atoms with Crippen LogP contribution >= 0.6 is 0 Å². The van der Waals surface area contributed by atoms with Gasteiger partial charge in [-0.1, -0.05) is 13.8 Å². The molecule has 1 aromatic heterocycles. The second-order valence-corrected chi connectivity index (χ2v) is 3.41. The van der Waals surface area contributed by atoms with Crippen molar-refractivity contribution in [3.8, 4) is 0 Å². The first-order valence-corrected chi connectivity index (χ1v) is 5.24. The fourth-order valence-corrected chi connectivity index (χ4v) is 1.44. The summed E-state index contributed by atoms with van der Waals surface area (Å²) in [4.78, 5) is 35.0. The Labute approximate surface area is 93.6 Å². The van der Waals surface area contributed by atoms with Gasteiger partial charge in [-0.2, -0.15) is 0 Å². The van der Waals surface area contributed by atoms with E-state index in [2.05, 4.69) is 0 Å². The molecule has 16 heavy (non-hydrogen) atoms. The zero-order chi connectivity index (χ0) is 12.1. The molecular formula is C12H14O4. The molecule has 0 aliphatic heterocycles. The first-order chi connectivity index (χ1) is 7.61. The minimum atomic E-state index is -1.19. The summed E-state index contributed by atoms with van der Waals surface area (Å²) in [6.45, 7) is 3.27. The van der Waals surface area contributed by atoms with Crippen LogP contribution in [0.1, 0.15) is 37.2 Å². The molecule has 4 heteroatoms. The minimum absolute atomic E-state index is 0.0635. The largest absolute Gasteiger partial charge is 0.461 e. The van der Waals surface area contributed by atoms with Crippen molar-refractivity contribution >= 4 is 17.3 Å². The monoisotopic (exact) mass is 222 g/mol. The van der Waals surface area contributed by atoms with Crippen LogP contribution < -0.4 is 0 Å². The lowest BCUT2D eigenvalue weighted by Gasteiger charge is -2.09. The van der Waals surface area contributed by atoms with Crippen LogP contribution in [0.3, 0.4) is 0 Å². The van der Waals surface area contributed by atoms with Crippen molar-refractivity contribution in [3.05, 3.63) is 24.2 Å². The molecule has 0 atom stereocenters. The molecule has 0 saturated heterocycles. The summed E-state index contributed by atoms with van der Waals surface area (Å²) in [6.07, 6.45) is 1.68. The highest BCUT2D eigenvalue weighted by atomic mass is 16.3. The van der Waals surface area contributed by atoms with Gasteiger partial charge in [0.2, 0.25) is 5.78 Å². The van der Waals surface area contributed by atoms with Gasteiger partial charge in [0, 0.05) is 12.8 Å². The van der Waals surface area contributed by atoms with Crippen molar-refractivity contribution in [1.29, 1.82) is 0 Å². The van der Waals surface area contributed by atoms with Gasteiger partial charge in [-0.3, -0.25) is 14.4 Å². The Morgan fingerprint density at radius 2 is 1.75 bits per heavy atom. The normalized spacial score (nSPS) is 10.4. The van der Waals surface area contributed by atoms with Gasteiger partial charge < -0.3 is 4.42 Å². The predicted molar refractivity (Wildman–Crippen MR) is 57.1 cm³/mol. The predicted octanol–water partition coefficient (Wildman–Crippen LogP) is 2.04. The van der Waals surface area contributed by atoms with Gasteiger partial charge in [0.1, 0.15) is 5.92 Å². The summed E-state index contributed by atoms with van der Waals surface area (Å²) in [5.74, 6) is -2.38. The summed E-state index contributed by atoms with van der Waals surface area (Å²) >= 11 is 0. The van der Waals surface area contributed by atoms with Crippen molar-refractivity contribution in [3.63, 3.8) is 0 Å². The van der Waals surface area contributed by atoms with Gasteiger partial charge in [-0.25, -0.2) is 0 Å². The van der Waals surface area contributed by atoms with E-state index < -0.39 is 11.7 Å².